The van der Waals surface area contributed by atoms with Gasteiger partial charge in [0.15, 0.2) is 0 Å². The van der Waals surface area contributed by atoms with E-state index >= 15 is 0 Å². The monoisotopic (exact) mass is 406 g/mol. The molecule has 0 bridgehead atoms. The molecule has 2 aliphatic rings. The molecule has 2 aliphatic heterocycles. The van der Waals surface area contributed by atoms with E-state index in [1.165, 1.54) is 11.1 Å². The van der Waals surface area contributed by atoms with Crippen molar-refractivity contribution < 1.29 is 9.59 Å². The first-order chi connectivity index (χ1) is 14.6. The molecule has 0 aliphatic carbocycles. The Kier molecular flexibility index (Phi) is 6.33. The number of hydrogen-bond donors (Lipinski definition) is 2. The smallest absolute Gasteiger partial charge is 0.251 e. The van der Waals surface area contributed by atoms with Crippen molar-refractivity contribution >= 4 is 17.5 Å². The molecule has 6 nitrogen and oxygen atoms in total. The van der Waals surface area contributed by atoms with E-state index in [0.29, 0.717) is 12.1 Å². The quantitative estimate of drug-likeness (QED) is 0.693. The average Bonchev–Trinajstić information content (AvgIpc) is 3.21. The molecule has 4 rings (SSSR count). The summed E-state index contributed by atoms with van der Waals surface area (Å²) in [5.74, 6) is -0.274. The molecule has 0 aromatic heterocycles. The second-order valence-electron chi connectivity index (χ2n) is 8.32. The van der Waals surface area contributed by atoms with Crippen molar-refractivity contribution in [2.45, 2.75) is 32.4 Å². The predicted molar refractivity (Wildman–Crippen MR) is 118 cm³/mol. The lowest BCUT2D eigenvalue weighted by Gasteiger charge is -2.31. The summed E-state index contributed by atoms with van der Waals surface area (Å²) in [5, 5.41) is 3.00. The van der Waals surface area contributed by atoms with E-state index in [9.17, 15) is 9.59 Å². The molecule has 1 saturated heterocycles. The third kappa shape index (κ3) is 4.82. The van der Waals surface area contributed by atoms with Crippen LogP contribution in [0.15, 0.2) is 48.5 Å². The van der Waals surface area contributed by atoms with Crippen molar-refractivity contribution in [3.05, 3.63) is 65.2 Å². The van der Waals surface area contributed by atoms with Crippen molar-refractivity contribution in [2.75, 3.05) is 31.1 Å². The summed E-state index contributed by atoms with van der Waals surface area (Å²) in [6.45, 7) is 5.06. The molecule has 3 N–H and O–H groups in total. The molecule has 1 unspecified atom stereocenters. The number of anilines is 1. The second-order valence-corrected chi connectivity index (χ2v) is 8.32. The van der Waals surface area contributed by atoms with Crippen LogP contribution in [0.1, 0.15) is 40.7 Å². The van der Waals surface area contributed by atoms with Crippen LogP contribution in [0.3, 0.4) is 0 Å². The molecule has 2 amide bonds. The minimum atomic E-state index is -0.200. The van der Waals surface area contributed by atoms with Crippen molar-refractivity contribution in [2.24, 2.45) is 11.7 Å². The number of piperidine rings is 1. The zero-order valence-electron chi connectivity index (χ0n) is 17.3. The number of primary amides is 1. The highest BCUT2D eigenvalue weighted by Gasteiger charge is 2.23. The van der Waals surface area contributed by atoms with E-state index in [1.54, 1.807) is 0 Å². The van der Waals surface area contributed by atoms with Crippen molar-refractivity contribution in [3.63, 3.8) is 0 Å². The highest BCUT2D eigenvalue weighted by Crippen LogP contribution is 2.28. The molecule has 0 saturated carbocycles. The molecule has 158 valence electrons. The first-order valence-corrected chi connectivity index (χ1v) is 10.8. The zero-order valence-corrected chi connectivity index (χ0v) is 17.3. The average molecular weight is 407 g/mol. The van der Waals surface area contributed by atoms with E-state index in [-0.39, 0.29) is 17.7 Å². The molecular weight excluding hydrogens is 376 g/mol. The minimum Gasteiger partial charge on any atom is -0.369 e. The maximum Gasteiger partial charge on any atom is 0.251 e. The van der Waals surface area contributed by atoms with E-state index in [4.69, 9.17) is 5.73 Å². The Morgan fingerprint density at radius 1 is 1.03 bits per heavy atom. The summed E-state index contributed by atoms with van der Waals surface area (Å²) in [6, 6.07) is 16.4. The van der Waals surface area contributed by atoms with Crippen molar-refractivity contribution in [1.82, 2.24) is 10.2 Å². The number of amides is 2. The summed E-state index contributed by atoms with van der Waals surface area (Å²) in [7, 11) is 0. The molecule has 1 fully saturated rings. The Morgan fingerprint density at radius 3 is 2.40 bits per heavy atom. The van der Waals surface area contributed by atoms with Crippen LogP contribution in [0, 0.1) is 5.92 Å². The summed E-state index contributed by atoms with van der Waals surface area (Å²) in [4.78, 5) is 28.4. The van der Waals surface area contributed by atoms with Gasteiger partial charge < -0.3 is 20.9 Å². The van der Waals surface area contributed by atoms with Gasteiger partial charge in [0.2, 0.25) is 5.91 Å². The SMILES string of the molecule is NC(=O)C1CCCN(CCCNC(=O)c2ccc(N3Cc4ccccc4C3)cc2)C1. The van der Waals surface area contributed by atoms with Gasteiger partial charge >= 0.3 is 0 Å². The fraction of sp³-hybridized carbons (Fsp3) is 0.417. The number of carbonyl (C=O) groups is 2. The molecule has 1 atom stereocenters. The summed E-state index contributed by atoms with van der Waals surface area (Å²) in [5.41, 5.74) is 10.00. The van der Waals surface area contributed by atoms with Gasteiger partial charge in [0.25, 0.3) is 5.91 Å². The van der Waals surface area contributed by atoms with E-state index in [0.717, 1.165) is 57.7 Å². The Morgan fingerprint density at radius 2 is 1.73 bits per heavy atom. The topological polar surface area (TPSA) is 78.7 Å². The van der Waals surface area contributed by atoms with Crippen LogP contribution in [-0.2, 0) is 17.9 Å². The molecule has 6 heteroatoms. The molecule has 0 spiro atoms. The summed E-state index contributed by atoms with van der Waals surface area (Å²) >= 11 is 0. The third-order valence-electron chi connectivity index (χ3n) is 6.18. The Hall–Kier alpha value is -2.86. The Balaban J connectivity index is 1.21. The number of rotatable bonds is 7. The molecule has 2 aromatic carbocycles. The molecule has 2 heterocycles. The number of benzene rings is 2. The van der Waals surface area contributed by atoms with Gasteiger partial charge in [-0.25, -0.2) is 0 Å². The van der Waals surface area contributed by atoms with Gasteiger partial charge in [-0.3, -0.25) is 9.59 Å². The van der Waals surface area contributed by atoms with E-state index < -0.39 is 0 Å². The lowest BCUT2D eigenvalue weighted by Crippen LogP contribution is -2.42. The number of fused-ring (bicyclic) bond motifs is 1. The van der Waals surface area contributed by atoms with Crippen LogP contribution in [-0.4, -0.2) is 42.9 Å². The maximum absolute atomic E-state index is 12.4. The van der Waals surface area contributed by atoms with Gasteiger partial charge in [0.1, 0.15) is 0 Å². The maximum atomic E-state index is 12.4. The second kappa shape index (κ2) is 9.30. The van der Waals surface area contributed by atoms with Crippen LogP contribution < -0.4 is 16.0 Å². The highest BCUT2D eigenvalue weighted by atomic mass is 16.2. The Bertz CT molecular complexity index is 871. The molecule has 0 radical (unpaired) electrons. The van der Waals surface area contributed by atoms with Gasteiger partial charge in [-0.1, -0.05) is 24.3 Å². The van der Waals surface area contributed by atoms with Crippen LogP contribution in [0.5, 0.6) is 0 Å². The van der Waals surface area contributed by atoms with Gasteiger partial charge in [-0.15, -0.1) is 0 Å². The van der Waals surface area contributed by atoms with Crippen LogP contribution in [0.2, 0.25) is 0 Å². The fourth-order valence-electron chi connectivity index (χ4n) is 4.44. The standard InChI is InChI=1S/C24H30N4O2/c25-23(29)21-7-3-13-27(15-21)14-4-12-26-24(30)18-8-10-22(11-9-18)28-16-19-5-1-2-6-20(19)17-28/h1-2,5-6,8-11,21H,3-4,7,12-17H2,(H2,25,29)(H,26,30). The molecular formula is C24H30N4O2. The summed E-state index contributed by atoms with van der Waals surface area (Å²) < 4.78 is 0. The number of nitrogens with zero attached hydrogens (tertiary/aromatic N) is 2. The van der Waals surface area contributed by atoms with Gasteiger partial charge in [0.05, 0.1) is 5.92 Å². The van der Waals surface area contributed by atoms with Crippen LogP contribution in [0.4, 0.5) is 5.69 Å². The van der Waals surface area contributed by atoms with Crippen molar-refractivity contribution in [3.8, 4) is 0 Å². The lowest BCUT2D eigenvalue weighted by molar-refractivity contribution is -0.123. The number of likely N-dealkylation sites (tertiary alicyclic amines) is 1. The van der Waals surface area contributed by atoms with Crippen molar-refractivity contribution in [1.29, 1.82) is 0 Å². The molecule has 2 aromatic rings. The summed E-state index contributed by atoms with van der Waals surface area (Å²) in [6.07, 6.45) is 2.76. The first kappa shape index (κ1) is 20.4. The number of hydrogen-bond acceptors (Lipinski definition) is 4. The van der Waals surface area contributed by atoms with Gasteiger partial charge in [-0.05, 0) is 67.7 Å². The predicted octanol–water partition coefficient (Wildman–Crippen LogP) is 2.52. The fourth-order valence-corrected chi connectivity index (χ4v) is 4.44. The first-order valence-electron chi connectivity index (χ1n) is 10.8. The van der Waals surface area contributed by atoms with Gasteiger partial charge in [-0.2, -0.15) is 0 Å². The van der Waals surface area contributed by atoms with E-state index in [2.05, 4.69) is 39.4 Å². The zero-order chi connectivity index (χ0) is 20.9. The molecule has 30 heavy (non-hydrogen) atoms. The number of nitrogens with two attached hydrogens (primary N) is 1. The van der Waals surface area contributed by atoms with Gasteiger partial charge in [0, 0.05) is 37.4 Å². The largest absolute Gasteiger partial charge is 0.369 e. The van der Waals surface area contributed by atoms with E-state index in [1.807, 2.05) is 24.3 Å². The lowest BCUT2D eigenvalue weighted by atomic mass is 9.97. The number of carbonyl (C=O) groups excluding carboxylic acids is 2. The minimum absolute atomic E-state index is 0.0322. The van der Waals surface area contributed by atoms with Crippen LogP contribution in [0.25, 0.3) is 0 Å². The third-order valence-corrected chi connectivity index (χ3v) is 6.18. The highest BCUT2D eigenvalue weighted by molar-refractivity contribution is 5.94. The Labute approximate surface area is 178 Å². The normalized spacial score (nSPS) is 18.8. The van der Waals surface area contributed by atoms with Crippen LogP contribution >= 0.6 is 0 Å². The number of nitrogens with one attached hydrogen (secondary N) is 1.